The van der Waals surface area contributed by atoms with Gasteiger partial charge in [-0.1, -0.05) is 18.2 Å². The molecule has 0 fully saturated rings. The van der Waals surface area contributed by atoms with Gasteiger partial charge in [0, 0.05) is 25.6 Å². The van der Waals surface area contributed by atoms with Gasteiger partial charge >= 0.3 is 0 Å². The van der Waals surface area contributed by atoms with E-state index in [1.54, 1.807) is 0 Å². The Morgan fingerprint density at radius 1 is 1.27 bits per heavy atom. The summed E-state index contributed by atoms with van der Waals surface area (Å²) in [7, 11) is 0. The fraction of sp³-hybridized carbons (Fsp3) is 0.273. The molecule has 0 atom stereocenters. The van der Waals surface area contributed by atoms with Gasteiger partial charge in [0.2, 0.25) is 11.8 Å². The van der Waals surface area contributed by atoms with E-state index in [4.69, 9.17) is 5.73 Å². The van der Waals surface area contributed by atoms with Gasteiger partial charge in [0.15, 0.2) is 0 Å². The Kier molecular flexibility index (Phi) is 3.85. The van der Waals surface area contributed by atoms with Gasteiger partial charge < -0.3 is 10.6 Å². The summed E-state index contributed by atoms with van der Waals surface area (Å²) in [6, 6.07) is 9.20. The zero-order chi connectivity index (χ0) is 11.3. The zero-order valence-electron chi connectivity index (χ0n) is 8.64. The molecule has 2 N–H and O–H groups in total. The van der Waals surface area contributed by atoms with Crippen LogP contribution in [0.15, 0.2) is 30.3 Å². The number of hydrogen-bond acceptors (Lipinski definition) is 2. The van der Waals surface area contributed by atoms with Crippen LogP contribution >= 0.6 is 0 Å². The van der Waals surface area contributed by atoms with Gasteiger partial charge in [-0.25, -0.2) is 0 Å². The minimum absolute atomic E-state index is 0.0950. The lowest BCUT2D eigenvalue weighted by atomic mass is 10.2. The number of nitrogens with two attached hydrogens (primary N) is 1. The lowest BCUT2D eigenvalue weighted by Crippen LogP contribution is -2.32. The first-order chi connectivity index (χ1) is 7.11. The van der Waals surface area contributed by atoms with Crippen molar-refractivity contribution >= 4 is 17.5 Å². The molecule has 0 bridgehead atoms. The normalized spacial score (nSPS) is 9.67. The molecule has 0 heterocycles. The number of hydrogen-bond donors (Lipinski definition) is 1. The van der Waals surface area contributed by atoms with Gasteiger partial charge in [0.05, 0.1) is 0 Å². The van der Waals surface area contributed by atoms with Gasteiger partial charge in [0.1, 0.15) is 0 Å². The third-order valence-electron chi connectivity index (χ3n) is 2.03. The van der Waals surface area contributed by atoms with Crippen molar-refractivity contribution in [2.24, 2.45) is 5.73 Å². The molecule has 0 saturated heterocycles. The lowest BCUT2D eigenvalue weighted by Gasteiger charge is -2.20. The molecular weight excluding hydrogens is 192 g/mol. The van der Waals surface area contributed by atoms with Crippen LogP contribution in [0.4, 0.5) is 5.69 Å². The lowest BCUT2D eigenvalue weighted by molar-refractivity contribution is -0.118. The van der Waals surface area contributed by atoms with Gasteiger partial charge in [0.25, 0.3) is 0 Å². The summed E-state index contributed by atoms with van der Waals surface area (Å²) in [5.41, 5.74) is 5.83. The highest BCUT2D eigenvalue weighted by Gasteiger charge is 2.11. The molecule has 1 aromatic rings. The molecule has 2 amide bonds. The predicted molar refractivity (Wildman–Crippen MR) is 58.3 cm³/mol. The average Bonchev–Trinajstić information content (AvgIpc) is 2.18. The van der Waals surface area contributed by atoms with E-state index < -0.39 is 5.91 Å². The number of benzene rings is 1. The molecular formula is C11H14N2O2. The van der Waals surface area contributed by atoms with Crippen molar-refractivity contribution in [3.05, 3.63) is 30.3 Å². The number of anilines is 1. The smallest absolute Gasteiger partial charge is 0.223 e. The Morgan fingerprint density at radius 2 is 1.87 bits per heavy atom. The van der Waals surface area contributed by atoms with Crippen LogP contribution in [-0.2, 0) is 9.59 Å². The molecule has 1 aromatic carbocycles. The summed E-state index contributed by atoms with van der Waals surface area (Å²) in [5.74, 6) is -0.500. The summed E-state index contributed by atoms with van der Waals surface area (Å²) in [6.07, 6.45) is 0.175. The molecule has 0 aliphatic carbocycles. The van der Waals surface area contributed by atoms with Crippen LogP contribution in [0.3, 0.4) is 0 Å². The molecule has 4 heteroatoms. The van der Waals surface area contributed by atoms with E-state index in [0.717, 1.165) is 5.69 Å². The molecule has 0 saturated carbocycles. The Bertz CT molecular complexity index is 349. The number of nitrogens with zero attached hydrogens (tertiary/aromatic N) is 1. The molecule has 1 rings (SSSR count). The molecule has 15 heavy (non-hydrogen) atoms. The van der Waals surface area contributed by atoms with Crippen LogP contribution in [0.1, 0.15) is 13.3 Å². The maximum atomic E-state index is 11.3. The van der Waals surface area contributed by atoms with Crippen LogP contribution in [0.5, 0.6) is 0 Å². The van der Waals surface area contributed by atoms with Crippen molar-refractivity contribution in [1.29, 1.82) is 0 Å². The highest BCUT2D eigenvalue weighted by molar-refractivity contribution is 5.92. The minimum Gasteiger partial charge on any atom is -0.370 e. The van der Waals surface area contributed by atoms with Crippen LogP contribution in [0.25, 0.3) is 0 Å². The predicted octanol–water partition coefficient (Wildman–Crippen LogP) is 0.915. The minimum atomic E-state index is -0.405. The maximum Gasteiger partial charge on any atom is 0.223 e. The van der Waals surface area contributed by atoms with Crippen molar-refractivity contribution in [2.75, 3.05) is 11.4 Å². The topological polar surface area (TPSA) is 63.4 Å². The molecule has 0 spiro atoms. The average molecular weight is 206 g/mol. The molecule has 0 radical (unpaired) electrons. The molecule has 0 aliphatic heterocycles. The number of primary amides is 1. The highest BCUT2D eigenvalue weighted by atomic mass is 16.2. The Hall–Kier alpha value is -1.84. The summed E-state index contributed by atoms with van der Waals surface area (Å²) in [6.45, 7) is 1.79. The van der Waals surface area contributed by atoms with Crippen molar-refractivity contribution < 1.29 is 9.59 Å². The Labute approximate surface area is 88.7 Å². The van der Waals surface area contributed by atoms with E-state index in [9.17, 15) is 9.59 Å². The highest BCUT2D eigenvalue weighted by Crippen LogP contribution is 2.13. The first-order valence-corrected chi connectivity index (χ1v) is 4.72. The van der Waals surface area contributed by atoms with Crippen LogP contribution in [0, 0.1) is 0 Å². The van der Waals surface area contributed by atoms with E-state index in [1.807, 2.05) is 30.3 Å². The first kappa shape index (κ1) is 11.2. The van der Waals surface area contributed by atoms with Crippen molar-refractivity contribution in [1.82, 2.24) is 0 Å². The summed E-state index contributed by atoms with van der Waals surface area (Å²) < 4.78 is 0. The van der Waals surface area contributed by atoms with Crippen molar-refractivity contribution in [3.8, 4) is 0 Å². The standard InChI is InChI=1S/C11H14N2O2/c1-9(14)13(8-7-11(12)15)10-5-3-2-4-6-10/h2-6H,7-8H2,1H3,(H2,12,15). The number of para-hydroxylation sites is 1. The molecule has 0 aliphatic rings. The second-order valence-corrected chi connectivity index (χ2v) is 3.22. The van der Waals surface area contributed by atoms with Crippen molar-refractivity contribution in [2.45, 2.75) is 13.3 Å². The second kappa shape index (κ2) is 5.14. The van der Waals surface area contributed by atoms with Crippen LogP contribution < -0.4 is 10.6 Å². The SMILES string of the molecule is CC(=O)N(CCC(N)=O)c1ccccc1. The number of rotatable bonds is 4. The molecule has 4 nitrogen and oxygen atoms in total. The Morgan fingerprint density at radius 3 is 2.33 bits per heavy atom. The van der Waals surface area contributed by atoms with E-state index >= 15 is 0 Å². The summed E-state index contributed by atoms with van der Waals surface area (Å²) in [5, 5.41) is 0. The number of carbonyl (C=O) groups excluding carboxylic acids is 2. The van der Waals surface area contributed by atoms with E-state index in [0.29, 0.717) is 6.54 Å². The Balaban J connectivity index is 2.75. The van der Waals surface area contributed by atoms with Gasteiger partial charge in [-0.05, 0) is 12.1 Å². The van der Waals surface area contributed by atoms with Crippen LogP contribution in [-0.4, -0.2) is 18.4 Å². The monoisotopic (exact) mass is 206 g/mol. The van der Waals surface area contributed by atoms with E-state index in [2.05, 4.69) is 0 Å². The van der Waals surface area contributed by atoms with E-state index in [-0.39, 0.29) is 12.3 Å². The second-order valence-electron chi connectivity index (χ2n) is 3.22. The maximum absolute atomic E-state index is 11.3. The quantitative estimate of drug-likeness (QED) is 0.796. The zero-order valence-corrected chi connectivity index (χ0v) is 8.64. The van der Waals surface area contributed by atoms with E-state index in [1.165, 1.54) is 11.8 Å². The fourth-order valence-corrected chi connectivity index (χ4v) is 1.30. The fourth-order valence-electron chi connectivity index (χ4n) is 1.30. The van der Waals surface area contributed by atoms with Gasteiger partial charge in [-0.2, -0.15) is 0 Å². The molecule has 0 aromatic heterocycles. The summed E-state index contributed by atoms with van der Waals surface area (Å²) in [4.78, 5) is 23.5. The third-order valence-corrected chi connectivity index (χ3v) is 2.03. The largest absolute Gasteiger partial charge is 0.370 e. The van der Waals surface area contributed by atoms with Crippen molar-refractivity contribution in [3.63, 3.8) is 0 Å². The first-order valence-electron chi connectivity index (χ1n) is 4.72. The number of amides is 2. The molecule has 0 unspecified atom stereocenters. The molecule has 80 valence electrons. The third kappa shape index (κ3) is 3.42. The number of carbonyl (C=O) groups is 2. The summed E-state index contributed by atoms with van der Waals surface area (Å²) >= 11 is 0. The van der Waals surface area contributed by atoms with Gasteiger partial charge in [-0.15, -0.1) is 0 Å². The van der Waals surface area contributed by atoms with Crippen LogP contribution in [0.2, 0.25) is 0 Å². The van der Waals surface area contributed by atoms with Gasteiger partial charge in [-0.3, -0.25) is 9.59 Å².